The molecular weight excluding hydrogens is 695 g/mol. The molecule has 0 aromatic heterocycles. The van der Waals surface area contributed by atoms with Gasteiger partial charge in [0.15, 0.2) is 0 Å². The van der Waals surface area contributed by atoms with Gasteiger partial charge in [0.25, 0.3) is 0 Å². The van der Waals surface area contributed by atoms with Gasteiger partial charge in [-0.05, 0) is 82.0 Å². The number of nitrogens with zero attached hydrogens (tertiary/aromatic N) is 1. The van der Waals surface area contributed by atoms with E-state index in [0.717, 1.165) is 11.1 Å². The fourth-order valence-electron chi connectivity index (χ4n) is 8.23. The maximum absolute atomic E-state index is 14.3. The molecule has 6 aromatic rings. The predicted molar refractivity (Wildman–Crippen MR) is 222 cm³/mol. The van der Waals surface area contributed by atoms with Crippen LogP contribution in [-0.4, -0.2) is 32.8 Å². The first-order chi connectivity index (χ1) is 25.0. The Kier molecular flexibility index (Phi) is 10.8. The van der Waals surface area contributed by atoms with E-state index in [4.69, 9.17) is 0 Å². The summed E-state index contributed by atoms with van der Waals surface area (Å²) in [5.74, 6) is -0.254. The third-order valence-corrected chi connectivity index (χ3v) is 16.9. The molecule has 1 unspecified atom stereocenters. The third kappa shape index (κ3) is 7.40. The van der Waals surface area contributed by atoms with Crippen molar-refractivity contribution in [1.82, 2.24) is 4.67 Å². The van der Waals surface area contributed by atoms with Crippen molar-refractivity contribution in [1.29, 1.82) is 0 Å². The lowest BCUT2D eigenvalue weighted by Crippen LogP contribution is -2.47. The van der Waals surface area contributed by atoms with Crippen LogP contribution in [0.3, 0.4) is 0 Å². The maximum Gasteiger partial charge on any atom is 0.403 e. The van der Waals surface area contributed by atoms with Gasteiger partial charge < -0.3 is 9.79 Å². The van der Waals surface area contributed by atoms with E-state index in [1.165, 1.54) is 43.5 Å². The SMILES string of the molecule is Cc1cccc(P(C[C@@]2(c3ccccc3)C(c3ccccc3)[C@H](P(c3cccc(C)c3)c3cccc(C)c3)CN2P(=O)(O)O)c2cccc(C)c2)c1. The monoisotopic (exact) mass is 741 g/mol. The topological polar surface area (TPSA) is 60.8 Å². The number of rotatable bonds is 10. The summed E-state index contributed by atoms with van der Waals surface area (Å²) in [5, 5.41) is 4.86. The van der Waals surface area contributed by atoms with Gasteiger partial charge in [0.05, 0.1) is 5.54 Å². The van der Waals surface area contributed by atoms with Crippen molar-refractivity contribution in [2.75, 3.05) is 12.7 Å². The lowest BCUT2D eigenvalue weighted by Gasteiger charge is -2.46. The van der Waals surface area contributed by atoms with Gasteiger partial charge in [-0.1, -0.05) is 180 Å². The molecule has 0 aliphatic carbocycles. The number of hydrogen-bond donors (Lipinski definition) is 2. The van der Waals surface area contributed by atoms with Crippen LogP contribution in [0, 0.1) is 27.7 Å². The molecule has 0 radical (unpaired) electrons. The average molecular weight is 742 g/mol. The van der Waals surface area contributed by atoms with E-state index in [1.807, 2.05) is 24.3 Å². The molecule has 264 valence electrons. The Morgan fingerprint density at radius 3 is 1.46 bits per heavy atom. The first-order valence-electron chi connectivity index (χ1n) is 17.8. The second kappa shape index (κ2) is 15.3. The van der Waals surface area contributed by atoms with Crippen LogP contribution in [0.15, 0.2) is 158 Å². The zero-order chi connectivity index (χ0) is 36.5. The van der Waals surface area contributed by atoms with Crippen molar-refractivity contribution in [2.45, 2.75) is 44.8 Å². The molecule has 0 saturated carbocycles. The van der Waals surface area contributed by atoms with Crippen LogP contribution in [0.5, 0.6) is 0 Å². The third-order valence-electron chi connectivity index (χ3n) is 10.4. The molecule has 0 spiro atoms. The molecule has 3 atom stereocenters. The van der Waals surface area contributed by atoms with Crippen molar-refractivity contribution in [3.05, 3.63) is 191 Å². The summed E-state index contributed by atoms with van der Waals surface area (Å²) < 4.78 is 16.0. The average Bonchev–Trinajstić information content (AvgIpc) is 3.47. The molecule has 6 aromatic carbocycles. The van der Waals surface area contributed by atoms with E-state index in [0.29, 0.717) is 6.16 Å². The lowest BCUT2D eigenvalue weighted by molar-refractivity contribution is 0.187. The van der Waals surface area contributed by atoms with E-state index in [-0.39, 0.29) is 18.1 Å². The van der Waals surface area contributed by atoms with E-state index >= 15 is 0 Å². The van der Waals surface area contributed by atoms with Gasteiger partial charge in [0.1, 0.15) is 0 Å². The molecule has 7 heteroatoms. The second-order valence-corrected chi connectivity index (χ2v) is 20.3. The van der Waals surface area contributed by atoms with Gasteiger partial charge in [-0.3, -0.25) is 0 Å². The molecule has 4 nitrogen and oxygen atoms in total. The Morgan fingerprint density at radius 2 is 1.02 bits per heavy atom. The standard InChI is InChI=1S/C45H46NO3P3/c1-33-15-11-23-39(27-33)50(40-24-12-16-34(2)28-40)32-45(38-21-9-6-10-22-38)44(37-19-7-5-8-20-37)43(31-46(45)52(47,48)49)51(41-25-13-17-35(3)29-41)42-26-14-18-36(4)30-42/h5-30,43-44H,31-32H2,1-4H3,(H2,47,48,49)/t43-,44?,45-/m1/s1. The van der Waals surface area contributed by atoms with Crippen molar-refractivity contribution in [3.63, 3.8) is 0 Å². The van der Waals surface area contributed by atoms with Gasteiger partial charge in [0.2, 0.25) is 0 Å². The maximum atomic E-state index is 14.3. The smallest absolute Gasteiger partial charge is 0.312 e. The number of aryl methyl sites for hydroxylation is 4. The molecule has 1 saturated heterocycles. The van der Waals surface area contributed by atoms with E-state index in [2.05, 4.69) is 161 Å². The zero-order valence-corrected chi connectivity index (χ0v) is 32.9. The highest BCUT2D eigenvalue weighted by Gasteiger charge is 2.62. The summed E-state index contributed by atoms with van der Waals surface area (Å²) in [7, 11) is -7.03. The highest BCUT2D eigenvalue weighted by molar-refractivity contribution is 7.74. The van der Waals surface area contributed by atoms with Crippen LogP contribution in [0.2, 0.25) is 0 Å². The highest BCUT2D eigenvalue weighted by Crippen LogP contribution is 2.67. The summed E-state index contributed by atoms with van der Waals surface area (Å²) >= 11 is 0. The largest absolute Gasteiger partial charge is 0.403 e. The molecule has 1 fully saturated rings. The van der Waals surface area contributed by atoms with Gasteiger partial charge in [-0.15, -0.1) is 0 Å². The molecule has 1 aliphatic heterocycles. The molecule has 0 amide bonds. The summed E-state index contributed by atoms with van der Waals surface area (Å²) in [6, 6.07) is 55.8. The summed E-state index contributed by atoms with van der Waals surface area (Å²) in [6.45, 7) is 8.75. The van der Waals surface area contributed by atoms with Crippen LogP contribution < -0.4 is 21.2 Å². The zero-order valence-electron chi connectivity index (χ0n) is 30.2. The normalized spacial score (nSPS) is 19.4. The van der Waals surface area contributed by atoms with Crippen LogP contribution in [-0.2, 0) is 10.1 Å². The Balaban J connectivity index is 1.57. The van der Waals surface area contributed by atoms with E-state index in [1.54, 1.807) is 4.67 Å². The molecule has 1 heterocycles. The predicted octanol–water partition coefficient (Wildman–Crippen LogP) is 8.94. The molecule has 2 N–H and O–H groups in total. The van der Waals surface area contributed by atoms with Crippen LogP contribution in [0.1, 0.15) is 39.3 Å². The van der Waals surface area contributed by atoms with Crippen molar-refractivity contribution in [2.24, 2.45) is 0 Å². The van der Waals surface area contributed by atoms with Crippen LogP contribution in [0.4, 0.5) is 0 Å². The van der Waals surface area contributed by atoms with Gasteiger partial charge >= 0.3 is 7.75 Å². The minimum atomic E-state index is -4.84. The fraction of sp³-hybridized carbons (Fsp3) is 0.200. The first kappa shape index (κ1) is 36.6. The minimum Gasteiger partial charge on any atom is -0.312 e. The Labute approximate surface area is 311 Å². The van der Waals surface area contributed by atoms with Crippen LogP contribution in [0.25, 0.3) is 0 Å². The van der Waals surface area contributed by atoms with E-state index in [9.17, 15) is 14.4 Å². The van der Waals surface area contributed by atoms with Crippen molar-refractivity contribution < 1.29 is 14.4 Å². The molecular formula is C45H46NO3P3. The number of hydrogen-bond acceptors (Lipinski definition) is 1. The molecule has 1 aliphatic rings. The lowest BCUT2D eigenvalue weighted by atomic mass is 9.76. The minimum absolute atomic E-state index is 0.124. The summed E-state index contributed by atoms with van der Waals surface area (Å²) in [6.07, 6.45) is 0.533. The Bertz CT molecular complexity index is 2110. The molecule has 52 heavy (non-hydrogen) atoms. The van der Waals surface area contributed by atoms with E-state index < -0.39 is 29.1 Å². The second-order valence-electron chi connectivity index (χ2n) is 14.2. The first-order valence-corrected chi connectivity index (χ1v) is 22.3. The highest BCUT2D eigenvalue weighted by atomic mass is 31.2. The summed E-state index contributed by atoms with van der Waals surface area (Å²) in [4.78, 5) is 23.4. The molecule has 7 rings (SSSR count). The number of benzene rings is 6. The van der Waals surface area contributed by atoms with Crippen molar-refractivity contribution in [3.8, 4) is 0 Å². The quantitative estimate of drug-likeness (QED) is 0.138. The Hall–Kier alpha value is -3.71. The fourth-order valence-corrected chi connectivity index (χ4v) is 15.9. The summed E-state index contributed by atoms with van der Waals surface area (Å²) in [5.41, 5.74) is 5.55. The van der Waals surface area contributed by atoms with Gasteiger partial charge in [0, 0.05) is 18.1 Å². The Morgan fingerprint density at radius 1 is 0.596 bits per heavy atom. The molecule has 0 bridgehead atoms. The van der Waals surface area contributed by atoms with Crippen LogP contribution >= 0.6 is 23.6 Å². The van der Waals surface area contributed by atoms with Gasteiger partial charge in [-0.2, -0.15) is 4.67 Å². The van der Waals surface area contributed by atoms with Crippen molar-refractivity contribution >= 4 is 44.8 Å². The van der Waals surface area contributed by atoms with Gasteiger partial charge in [-0.25, -0.2) is 4.57 Å².